The van der Waals surface area contributed by atoms with Crippen LogP contribution in [-0.2, 0) is 11.2 Å². The Morgan fingerprint density at radius 3 is 2.94 bits per heavy atom. The highest BCUT2D eigenvalue weighted by atomic mass is 19.1. The molecule has 84 valence electrons. The van der Waals surface area contributed by atoms with Crippen LogP contribution in [0.3, 0.4) is 0 Å². The highest BCUT2D eigenvalue weighted by Crippen LogP contribution is 2.23. The van der Waals surface area contributed by atoms with Gasteiger partial charge in [0.2, 0.25) is 0 Å². The van der Waals surface area contributed by atoms with E-state index in [1.54, 1.807) is 25.1 Å². The van der Waals surface area contributed by atoms with Crippen molar-refractivity contribution in [2.75, 3.05) is 0 Å². The molecule has 2 aromatic rings. The fourth-order valence-corrected chi connectivity index (χ4v) is 1.63. The number of hydrogen-bond acceptors (Lipinski definition) is 2. The van der Waals surface area contributed by atoms with E-state index in [-0.39, 0.29) is 12.2 Å². The molecule has 1 heterocycles. The zero-order valence-corrected chi connectivity index (χ0v) is 8.74. The quantitative estimate of drug-likeness (QED) is 0.868. The molecule has 1 aromatic carbocycles. The van der Waals surface area contributed by atoms with Crippen molar-refractivity contribution in [3.63, 3.8) is 0 Å². The van der Waals surface area contributed by atoms with Crippen LogP contribution < -0.4 is 0 Å². The predicted molar refractivity (Wildman–Crippen MR) is 56.7 cm³/mol. The van der Waals surface area contributed by atoms with Gasteiger partial charge in [-0.1, -0.05) is 13.0 Å². The minimum absolute atomic E-state index is 0.183. The second-order valence-corrected chi connectivity index (χ2v) is 3.81. The third-order valence-corrected chi connectivity index (χ3v) is 2.60. The van der Waals surface area contributed by atoms with E-state index >= 15 is 0 Å². The first-order valence-electron chi connectivity index (χ1n) is 4.97. The Bertz CT molecular complexity index is 530. The van der Waals surface area contributed by atoms with Gasteiger partial charge in [-0.05, 0) is 24.1 Å². The van der Waals surface area contributed by atoms with Gasteiger partial charge in [0.15, 0.2) is 0 Å². The van der Waals surface area contributed by atoms with E-state index in [1.165, 1.54) is 6.26 Å². The van der Waals surface area contributed by atoms with E-state index in [4.69, 9.17) is 9.52 Å². The average Bonchev–Trinajstić information content (AvgIpc) is 2.70. The highest BCUT2D eigenvalue weighted by molar-refractivity contribution is 5.79. The van der Waals surface area contributed by atoms with Crippen LogP contribution in [0.15, 0.2) is 28.9 Å². The molecule has 2 rings (SSSR count). The minimum atomic E-state index is -0.924. The van der Waals surface area contributed by atoms with Gasteiger partial charge in [-0.2, -0.15) is 0 Å². The first kappa shape index (κ1) is 10.7. The molecule has 0 amide bonds. The van der Waals surface area contributed by atoms with Crippen molar-refractivity contribution in [1.82, 2.24) is 0 Å². The molecule has 0 spiro atoms. The van der Waals surface area contributed by atoms with Crippen molar-refractivity contribution in [2.24, 2.45) is 5.92 Å². The van der Waals surface area contributed by atoms with E-state index in [1.807, 2.05) is 0 Å². The Labute approximate surface area is 91.5 Å². The van der Waals surface area contributed by atoms with Crippen LogP contribution in [0, 0.1) is 11.7 Å². The molecule has 0 radical (unpaired) electrons. The van der Waals surface area contributed by atoms with E-state index in [0.29, 0.717) is 16.5 Å². The Kier molecular flexibility index (Phi) is 2.64. The molecule has 0 bridgehead atoms. The Morgan fingerprint density at radius 2 is 2.25 bits per heavy atom. The number of carbonyl (C=O) groups is 1. The summed E-state index contributed by atoms with van der Waals surface area (Å²) in [4.78, 5) is 10.7. The van der Waals surface area contributed by atoms with Crippen LogP contribution >= 0.6 is 0 Å². The largest absolute Gasteiger partial charge is 0.481 e. The summed E-state index contributed by atoms with van der Waals surface area (Å²) in [6, 6.07) is 4.77. The maximum absolute atomic E-state index is 13.9. The van der Waals surface area contributed by atoms with Gasteiger partial charge in [0.05, 0.1) is 17.6 Å². The molecule has 0 fully saturated rings. The number of hydrogen-bond donors (Lipinski definition) is 1. The Balaban J connectivity index is 2.37. The molecule has 1 aromatic heterocycles. The number of furan rings is 1. The summed E-state index contributed by atoms with van der Waals surface area (Å²) in [5, 5.41) is 9.16. The van der Waals surface area contributed by atoms with Crippen molar-refractivity contribution >= 4 is 16.9 Å². The van der Waals surface area contributed by atoms with Gasteiger partial charge in [-0.25, -0.2) is 4.39 Å². The molecule has 0 aliphatic heterocycles. The zero-order chi connectivity index (χ0) is 11.7. The molecule has 0 saturated carbocycles. The van der Waals surface area contributed by atoms with Crippen LogP contribution in [0.4, 0.5) is 4.39 Å². The van der Waals surface area contributed by atoms with Gasteiger partial charge in [-0.15, -0.1) is 0 Å². The molecular formula is C12H11FO3. The third-order valence-electron chi connectivity index (χ3n) is 2.60. The predicted octanol–water partition coefficient (Wildman–Crippen LogP) is 2.84. The van der Waals surface area contributed by atoms with E-state index < -0.39 is 11.9 Å². The average molecular weight is 222 g/mol. The van der Waals surface area contributed by atoms with E-state index in [0.717, 1.165) is 0 Å². The van der Waals surface area contributed by atoms with Crippen molar-refractivity contribution in [1.29, 1.82) is 0 Å². The number of benzene rings is 1. The highest BCUT2D eigenvalue weighted by Gasteiger charge is 2.16. The van der Waals surface area contributed by atoms with Gasteiger partial charge in [0.1, 0.15) is 11.4 Å². The Hall–Kier alpha value is -1.84. The summed E-state index contributed by atoms with van der Waals surface area (Å²) in [6.45, 7) is 1.56. The topological polar surface area (TPSA) is 50.4 Å². The van der Waals surface area contributed by atoms with Crippen LogP contribution in [-0.4, -0.2) is 11.1 Å². The molecule has 1 N–H and O–H groups in total. The Morgan fingerprint density at radius 1 is 1.50 bits per heavy atom. The number of halogens is 1. The number of carboxylic acid groups (broad SMARTS) is 1. The lowest BCUT2D eigenvalue weighted by Gasteiger charge is -2.07. The molecule has 0 saturated heterocycles. The molecule has 16 heavy (non-hydrogen) atoms. The van der Waals surface area contributed by atoms with Crippen molar-refractivity contribution in [2.45, 2.75) is 13.3 Å². The van der Waals surface area contributed by atoms with Crippen LogP contribution in [0.1, 0.15) is 12.5 Å². The molecule has 4 heteroatoms. The van der Waals surface area contributed by atoms with E-state index in [9.17, 15) is 9.18 Å². The lowest BCUT2D eigenvalue weighted by atomic mass is 10.00. The van der Waals surface area contributed by atoms with Crippen LogP contribution in [0.25, 0.3) is 11.0 Å². The fraction of sp³-hybridized carbons (Fsp3) is 0.250. The normalized spacial score (nSPS) is 12.9. The summed E-state index contributed by atoms with van der Waals surface area (Å²) >= 11 is 0. The number of carboxylic acids is 1. The van der Waals surface area contributed by atoms with Gasteiger partial charge < -0.3 is 9.52 Å². The first-order chi connectivity index (χ1) is 7.59. The maximum atomic E-state index is 13.9. The monoisotopic (exact) mass is 222 g/mol. The lowest BCUT2D eigenvalue weighted by molar-refractivity contribution is -0.141. The molecule has 0 aliphatic carbocycles. The van der Waals surface area contributed by atoms with Crippen LogP contribution in [0.2, 0.25) is 0 Å². The molecule has 3 nitrogen and oxygen atoms in total. The second-order valence-electron chi connectivity index (χ2n) is 3.81. The van der Waals surface area contributed by atoms with E-state index in [2.05, 4.69) is 0 Å². The number of rotatable bonds is 3. The SMILES string of the molecule is CC(Cc1ccc2occc2c1F)C(=O)O. The van der Waals surface area contributed by atoms with Crippen molar-refractivity contribution in [3.8, 4) is 0 Å². The number of aliphatic carboxylic acids is 1. The third kappa shape index (κ3) is 1.78. The van der Waals surface area contributed by atoms with Crippen molar-refractivity contribution in [3.05, 3.63) is 35.8 Å². The van der Waals surface area contributed by atoms with Crippen molar-refractivity contribution < 1.29 is 18.7 Å². The zero-order valence-electron chi connectivity index (χ0n) is 8.74. The summed E-state index contributed by atoms with van der Waals surface area (Å²) in [5.41, 5.74) is 0.882. The minimum Gasteiger partial charge on any atom is -0.481 e. The second kappa shape index (κ2) is 3.96. The summed E-state index contributed by atoms with van der Waals surface area (Å²) < 4.78 is 18.9. The lowest BCUT2D eigenvalue weighted by Crippen LogP contribution is -2.13. The van der Waals surface area contributed by atoms with Gasteiger partial charge in [0, 0.05) is 0 Å². The maximum Gasteiger partial charge on any atom is 0.306 e. The fourth-order valence-electron chi connectivity index (χ4n) is 1.63. The molecule has 0 aliphatic rings. The van der Waals surface area contributed by atoms with Gasteiger partial charge in [-0.3, -0.25) is 4.79 Å². The van der Waals surface area contributed by atoms with Gasteiger partial charge >= 0.3 is 5.97 Å². The summed E-state index contributed by atoms with van der Waals surface area (Å²) in [6.07, 6.45) is 1.60. The number of fused-ring (bicyclic) bond motifs is 1. The summed E-state index contributed by atoms with van der Waals surface area (Å²) in [7, 11) is 0. The smallest absolute Gasteiger partial charge is 0.306 e. The molecule has 1 atom stereocenters. The molecular weight excluding hydrogens is 211 g/mol. The standard InChI is InChI=1S/C12H11FO3/c1-7(12(14)15)6-8-2-3-10-9(11(8)13)4-5-16-10/h2-5,7H,6H2,1H3,(H,14,15). The van der Waals surface area contributed by atoms with Gasteiger partial charge in [0.25, 0.3) is 0 Å². The molecule has 1 unspecified atom stereocenters. The first-order valence-corrected chi connectivity index (χ1v) is 4.97. The summed E-state index contributed by atoms with van der Waals surface area (Å²) in [5.74, 6) is -1.91. The van der Waals surface area contributed by atoms with Crippen LogP contribution in [0.5, 0.6) is 0 Å².